The largest absolute Gasteiger partial charge is 0.305 e. The summed E-state index contributed by atoms with van der Waals surface area (Å²) in [6, 6.07) is 1.17. The summed E-state index contributed by atoms with van der Waals surface area (Å²) in [5.74, 6) is 0.839. The number of hydrogen-bond acceptors (Lipinski definition) is 3. The molecule has 1 fully saturated rings. The van der Waals surface area contributed by atoms with Crippen molar-refractivity contribution in [1.29, 1.82) is 0 Å². The summed E-state index contributed by atoms with van der Waals surface area (Å²) < 4.78 is 0. The number of aryl methyl sites for hydroxylation is 1. The molecule has 16 heavy (non-hydrogen) atoms. The second kappa shape index (κ2) is 5.28. The number of aromatic nitrogens is 1. The Morgan fingerprint density at radius 1 is 1.44 bits per heavy atom. The van der Waals surface area contributed by atoms with Crippen LogP contribution in [0.4, 0.5) is 0 Å². The van der Waals surface area contributed by atoms with E-state index in [0.29, 0.717) is 12.1 Å². The molecule has 0 amide bonds. The Labute approximate surface area is 102 Å². The van der Waals surface area contributed by atoms with E-state index in [9.17, 15) is 0 Å². The average Bonchev–Trinajstić information content (AvgIpc) is 3.03. The maximum absolute atomic E-state index is 4.65. The van der Waals surface area contributed by atoms with Crippen LogP contribution in [0.15, 0.2) is 5.38 Å². The lowest BCUT2D eigenvalue weighted by atomic mass is 10.1. The Morgan fingerprint density at radius 2 is 2.12 bits per heavy atom. The van der Waals surface area contributed by atoms with Gasteiger partial charge in [0, 0.05) is 17.1 Å². The van der Waals surface area contributed by atoms with E-state index >= 15 is 0 Å². The van der Waals surface area contributed by atoms with Crippen LogP contribution in [0, 0.1) is 12.8 Å². The van der Waals surface area contributed by atoms with E-state index in [4.69, 9.17) is 0 Å². The zero-order chi connectivity index (χ0) is 11.5. The first-order valence-corrected chi connectivity index (χ1v) is 7.30. The van der Waals surface area contributed by atoms with Gasteiger partial charge in [-0.2, -0.15) is 0 Å². The third kappa shape index (κ3) is 2.83. The van der Waals surface area contributed by atoms with Gasteiger partial charge in [-0.25, -0.2) is 4.98 Å². The summed E-state index contributed by atoms with van der Waals surface area (Å²) in [6.07, 6.45) is 5.17. The topological polar surface area (TPSA) is 24.9 Å². The summed E-state index contributed by atoms with van der Waals surface area (Å²) in [6.45, 7) is 6.61. The highest BCUT2D eigenvalue weighted by Gasteiger charge is 2.34. The molecule has 1 saturated carbocycles. The van der Waals surface area contributed by atoms with E-state index in [2.05, 4.69) is 36.5 Å². The Kier molecular flexibility index (Phi) is 3.98. The van der Waals surface area contributed by atoms with Crippen LogP contribution in [0.2, 0.25) is 0 Å². The molecule has 1 atom stereocenters. The van der Waals surface area contributed by atoms with Gasteiger partial charge in [0.05, 0.1) is 6.04 Å². The molecule has 0 radical (unpaired) electrons. The van der Waals surface area contributed by atoms with Gasteiger partial charge < -0.3 is 5.32 Å². The molecule has 90 valence electrons. The zero-order valence-corrected chi connectivity index (χ0v) is 11.3. The molecule has 2 rings (SSSR count). The molecule has 1 aromatic heterocycles. The van der Waals surface area contributed by atoms with Crippen LogP contribution in [0.5, 0.6) is 0 Å². The number of nitrogens with one attached hydrogen (secondary N) is 1. The van der Waals surface area contributed by atoms with E-state index in [1.54, 1.807) is 0 Å². The van der Waals surface area contributed by atoms with Crippen molar-refractivity contribution in [2.24, 2.45) is 5.92 Å². The lowest BCUT2D eigenvalue weighted by molar-refractivity contribution is 0.385. The molecule has 0 bridgehead atoms. The van der Waals surface area contributed by atoms with Gasteiger partial charge in [-0.3, -0.25) is 0 Å². The van der Waals surface area contributed by atoms with Crippen LogP contribution in [0.1, 0.15) is 56.3 Å². The summed E-state index contributed by atoms with van der Waals surface area (Å²) in [5.41, 5.74) is 1.16. The molecule has 0 saturated heterocycles. The minimum Gasteiger partial charge on any atom is -0.305 e. The van der Waals surface area contributed by atoms with Gasteiger partial charge in [-0.05, 0) is 38.5 Å². The van der Waals surface area contributed by atoms with Gasteiger partial charge in [-0.1, -0.05) is 13.8 Å². The standard InChI is InChI=1S/C13H22N2S/c1-4-11(5-2)15-12(10-6-7-10)13-14-9(3)8-16-13/h8,10-12,15H,4-7H2,1-3H3. The van der Waals surface area contributed by atoms with Crippen LogP contribution >= 0.6 is 11.3 Å². The molecule has 1 heterocycles. The summed E-state index contributed by atoms with van der Waals surface area (Å²) in [4.78, 5) is 4.65. The van der Waals surface area contributed by atoms with E-state index in [0.717, 1.165) is 11.6 Å². The summed E-state index contributed by atoms with van der Waals surface area (Å²) in [7, 11) is 0. The molecule has 1 aliphatic rings. The zero-order valence-electron chi connectivity index (χ0n) is 10.5. The van der Waals surface area contributed by atoms with Crippen molar-refractivity contribution in [2.45, 2.75) is 58.5 Å². The quantitative estimate of drug-likeness (QED) is 0.817. The Balaban J connectivity index is 2.05. The van der Waals surface area contributed by atoms with Crippen LogP contribution in [-0.4, -0.2) is 11.0 Å². The minimum absolute atomic E-state index is 0.517. The monoisotopic (exact) mass is 238 g/mol. The summed E-state index contributed by atoms with van der Waals surface area (Å²) >= 11 is 1.82. The normalized spacial score (nSPS) is 18.0. The predicted octanol–water partition coefficient (Wildman–Crippen LogP) is 3.68. The van der Waals surface area contributed by atoms with Crippen molar-refractivity contribution in [3.63, 3.8) is 0 Å². The second-order valence-electron chi connectivity index (χ2n) is 4.82. The maximum Gasteiger partial charge on any atom is 0.110 e. The van der Waals surface area contributed by atoms with Gasteiger partial charge in [0.15, 0.2) is 0 Å². The van der Waals surface area contributed by atoms with E-state index in [1.807, 2.05) is 11.3 Å². The second-order valence-corrected chi connectivity index (χ2v) is 5.71. The van der Waals surface area contributed by atoms with E-state index in [1.165, 1.54) is 30.7 Å². The van der Waals surface area contributed by atoms with Gasteiger partial charge in [-0.15, -0.1) is 11.3 Å². The van der Waals surface area contributed by atoms with E-state index < -0.39 is 0 Å². The third-order valence-electron chi connectivity index (χ3n) is 3.40. The first-order valence-electron chi connectivity index (χ1n) is 6.42. The van der Waals surface area contributed by atoms with E-state index in [-0.39, 0.29) is 0 Å². The molecule has 0 spiro atoms. The molecule has 1 aliphatic carbocycles. The first-order chi connectivity index (χ1) is 7.74. The number of nitrogens with zero attached hydrogens (tertiary/aromatic N) is 1. The van der Waals surface area contributed by atoms with Crippen LogP contribution in [-0.2, 0) is 0 Å². The average molecular weight is 238 g/mol. The minimum atomic E-state index is 0.517. The van der Waals surface area contributed by atoms with Crippen molar-refractivity contribution in [3.05, 3.63) is 16.1 Å². The van der Waals surface area contributed by atoms with Gasteiger partial charge >= 0.3 is 0 Å². The molecule has 1 aromatic rings. The van der Waals surface area contributed by atoms with Gasteiger partial charge in [0.2, 0.25) is 0 Å². The van der Waals surface area contributed by atoms with Gasteiger partial charge in [0.25, 0.3) is 0 Å². The van der Waals surface area contributed by atoms with Crippen LogP contribution < -0.4 is 5.32 Å². The molecule has 3 heteroatoms. The van der Waals surface area contributed by atoms with Crippen LogP contribution in [0.3, 0.4) is 0 Å². The van der Waals surface area contributed by atoms with Crippen LogP contribution in [0.25, 0.3) is 0 Å². The molecule has 0 aliphatic heterocycles. The highest BCUT2D eigenvalue weighted by atomic mass is 32.1. The Morgan fingerprint density at radius 3 is 2.56 bits per heavy atom. The van der Waals surface area contributed by atoms with Crippen molar-refractivity contribution in [1.82, 2.24) is 10.3 Å². The number of hydrogen-bond donors (Lipinski definition) is 1. The number of rotatable bonds is 6. The molecule has 1 N–H and O–H groups in total. The highest BCUT2D eigenvalue weighted by molar-refractivity contribution is 7.09. The fourth-order valence-electron chi connectivity index (χ4n) is 2.13. The highest BCUT2D eigenvalue weighted by Crippen LogP contribution is 2.42. The molecule has 1 unspecified atom stereocenters. The first kappa shape index (κ1) is 12.1. The van der Waals surface area contributed by atoms with Crippen molar-refractivity contribution in [2.75, 3.05) is 0 Å². The fraction of sp³-hybridized carbons (Fsp3) is 0.769. The van der Waals surface area contributed by atoms with Gasteiger partial charge in [0.1, 0.15) is 5.01 Å². The third-order valence-corrected chi connectivity index (χ3v) is 4.44. The smallest absolute Gasteiger partial charge is 0.110 e. The molecular formula is C13H22N2S. The maximum atomic E-state index is 4.65. The number of thiazole rings is 1. The Bertz CT molecular complexity index is 326. The van der Waals surface area contributed by atoms with Crippen molar-refractivity contribution in [3.8, 4) is 0 Å². The SMILES string of the molecule is CCC(CC)NC(c1nc(C)cs1)C1CC1. The van der Waals surface area contributed by atoms with Crippen molar-refractivity contribution >= 4 is 11.3 Å². The molecular weight excluding hydrogens is 216 g/mol. The summed E-state index contributed by atoms with van der Waals surface area (Å²) in [5, 5.41) is 7.26. The lowest BCUT2D eigenvalue weighted by Gasteiger charge is -2.22. The van der Waals surface area contributed by atoms with Crippen molar-refractivity contribution < 1.29 is 0 Å². The molecule has 0 aromatic carbocycles. The lowest BCUT2D eigenvalue weighted by Crippen LogP contribution is -2.33. The fourth-order valence-corrected chi connectivity index (χ4v) is 3.08. The molecule has 2 nitrogen and oxygen atoms in total. The Hall–Kier alpha value is -0.410. The predicted molar refractivity (Wildman–Crippen MR) is 69.8 cm³/mol.